The van der Waals surface area contributed by atoms with Crippen molar-refractivity contribution in [2.24, 2.45) is 0 Å². The highest BCUT2D eigenvalue weighted by Crippen LogP contribution is 2.29. The Balaban J connectivity index is 2.38. The first kappa shape index (κ1) is 15.3. The van der Waals surface area contributed by atoms with Gasteiger partial charge in [-0.05, 0) is 29.3 Å². The van der Waals surface area contributed by atoms with E-state index in [4.69, 9.17) is 9.47 Å². The number of carbonyl (C=O) groups is 1. The van der Waals surface area contributed by atoms with Gasteiger partial charge < -0.3 is 9.47 Å². The van der Waals surface area contributed by atoms with E-state index in [0.29, 0.717) is 17.1 Å². The van der Waals surface area contributed by atoms with Gasteiger partial charge in [-0.3, -0.25) is 4.79 Å². The fourth-order valence-electron chi connectivity index (χ4n) is 1.98. The van der Waals surface area contributed by atoms with Crippen LogP contribution in [0.4, 0.5) is 0 Å². The lowest BCUT2D eigenvalue weighted by Gasteiger charge is -2.08. The number of nitrogens with zero attached hydrogens (tertiary/aromatic N) is 1. The fraction of sp³-hybridized carbons (Fsp3) is 0.111. The molecule has 0 unspecified atom stereocenters. The van der Waals surface area contributed by atoms with Gasteiger partial charge in [-0.25, -0.2) is 0 Å². The van der Waals surface area contributed by atoms with Crippen LogP contribution in [-0.4, -0.2) is 13.1 Å². The van der Waals surface area contributed by atoms with E-state index in [1.54, 1.807) is 24.3 Å². The maximum atomic E-state index is 11.0. The molecule has 0 saturated carbocycles. The van der Waals surface area contributed by atoms with E-state index < -0.39 is 5.97 Å². The number of methoxy groups -OCH3 is 1. The Labute approximate surface area is 129 Å². The van der Waals surface area contributed by atoms with Crippen molar-refractivity contribution in [3.05, 3.63) is 59.7 Å². The summed E-state index contributed by atoms with van der Waals surface area (Å²) in [7, 11) is 1.50. The minimum absolute atomic E-state index is 0.352. The number of carbonyl (C=O) groups excluding carboxylic acids is 1. The summed E-state index contributed by atoms with van der Waals surface area (Å²) < 4.78 is 10.3. The maximum Gasteiger partial charge on any atom is 0.308 e. The average Bonchev–Trinajstić information content (AvgIpc) is 2.54. The Morgan fingerprint density at radius 1 is 1.14 bits per heavy atom. The van der Waals surface area contributed by atoms with Crippen LogP contribution in [0.15, 0.2) is 48.5 Å². The van der Waals surface area contributed by atoms with E-state index in [1.807, 2.05) is 30.3 Å². The van der Waals surface area contributed by atoms with Crippen LogP contribution in [0, 0.1) is 11.3 Å². The largest absolute Gasteiger partial charge is 0.493 e. The normalized spacial score (nSPS) is 10.7. The van der Waals surface area contributed by atoms with Crippen molar-refractivity contribution in [2.75, 3.05) is 7.11 Å². The molecule has 110 valence electrons. The van der Waals surface area contributed by atoms with E-state index in [1.165, 1.54) is 14.0 Å². The number of allylic oxidation sites excluding steroid dienone is 1. The molecule has 0 radical (unpaired) electrons. The first-order valence-corrected chi connectivity index (χ1v) is 6.67. The van der Waals surface area contributed by atoms with Gasteiger partial charge in [0.15, 0.2) is 11.5 Å². The van der Waals surface area contributed by atoms with E-state index in [2.05, 4.69) is 6.07 Å². The van der Waals surface area contributed by atoms with E-state index in [-0.39, 0.29) is 0 Å². The third-order valence-electron chi connectivity index (χ3n) is 2.96. The molecule has 0 aliphatic carbocycles. The summed E-state index contributed by atoms with van der Waals surface area (Å²) in [6, 6.07) is 16.7. The van der Waals surface area contributed by atoms with Gasteiger partial charge in [-0.15, -0.1) is 0 Å². The van der Waals surface area contributed by atoms with Gasteiger partial charge in [0.05, 0.1) is 18.8 Å². The molecule has 0 aliphatic heterocycles. The summed E-state index contributed by atoms with van der Waals surface area (Å²) >= 11 is 0. The van der Waals surface area contributed by atoms with Crippen molar-refractivity contribution in [3.8, 4) is 17.6 Å². The molecule has 4 nitrogen and oxygen atoms in total. The van der Waals surface area contributed by atoms with Crippen molar-refractivity contribution < 1.29 is 14.3 Å². The van der Waals surface area contributed by atoms with E-state index >= 15 is 0 Å². The second-order valence-corrected chi connectivity index (χ2v) is 4.54. The number of hydrogen-bond acceptors (Lipinski definition) is 4. The summed E-state index contributed by atoms with van der Waals surface area (Å²) in [4.78, 5) is 11.0. The zero-order valence-corrected chi connectivity index (χ0v) is 12.4. The highest BCUT2D eigenvalue weighted by molar-refractivity contribution is 5.89. The van der Waals surface area contributed by atoms with Gasteiger partial charge in [0.1, 0.15) is 0 Å². The molecular formula is C18H15NO3. The molecule has 2 aromatic rings. The molecule has 2 rings (SSSR count). The van der Waals surface area contributed by atoms with Crippen molar-refractivity contribution in [3.63, 3.8) is 0 Å². The van der Waals surface area contributed by atoms with Crippen LogP contribution in [0.1, 0.15) is 18.1 Å². The van der Waals surface area contributed by atoms with E-state index in [9.17, 15) is 10.1 Å². The molecule has 0 atom stereocenters. The van der Waals surface area contributed by atoms with Crippen LogP contribution >= 0.6 is 0 Å². The van der Waals surface area contributed by atoms with Gasteiger partial charge in [-0.2, -0.15) is 5.26 Å². The Morgan fingerprint density at radius 3 is 2.45 bits per heavy atom. The maximum absolute atomic E-state index is 11.0. The Kier molecular flexibility index (Phi) is 4.94. The van der Waals surface area contributed by atoms with E-state index in [0.717, 1.165) is 11.1 Å². The molecule has 2 aromatic carbocycles. The number of nitriles is 1. The number of ether oxygens (including phenoxy) is 2. The van der Waals surface area contributed by atoms with Crippen LogP contribution in [-0.2, 0) is 4.79 Å². The summed E-state index contributed by atoms with van der Waals surface area (Å²) in [6.45, 7) is 1.33. The Morgan fingerprint density at radius 2 is 1.86 bits per heavy atom. The quantitative estimate of drug-likeness (QED) is 0.373. The summed E-state index contributed by atoms with van der Waals surface area (Å²) in [5.74, 6) is 0.378. The number of rotatable bonds is 4. The molecule has 0 aromatic heterocycles. The minimum Gasteiger partial charge on any atom is -0.493 e. The van der Waals surface area contributed by atoms with Crippen LogP contribution in [0.2, 0.25) is 0 Å². The lowest BCUT2D eigenvalue weighted by molar-refractivity contribution is -0.132. The molecule has 0 amide bonds. The number of benzene rings is 2. The van der Waals surface area contributed by atoms with Crippen LogP contribution in [0.3, 0.4) is 0 Å². The second kappa shape index (κ2) is 7.09. The van der Waals surface area contributed by atoms with Crippen LogP contribution in [0.25, 0.3) is 11.6 Å². The molecule has 0 aliphatic rings. The van der Waals surface area contributed by atoms with Gasteiger partial charge in [0.2, 0.25) is 0 Å². The summed E-state index contributed by atoms with van der Waals surface area (Å²) in [6.07, 6.45) is 1.76. The summed E-state index contributed by atoms with van der Waals surface area (Å²) in [5.41, 5.74) is 2.17. The third-order valence-corrected chi connectivity index (χ3v) is 2.96. The molecule has 0 bridgehead atoms. The second-order valence-electron chi connectivity index (χ2n) is 4.54. The summed E-state index contributed by atoms with van der Waals surface area (Å²) in [5, 5.41) is 9.32. The predicted octanol–water partition coefficient (Wildman–Crippen LogP) is 3.68. The molecule has 22 heavy (non-hydrogen) atoms. The lowest BCUT2D eigenvalue weighted by atomic mass is 10.0. The van der Waals surface area contributed by atoms with Crippen LogP contribution < -0.4 is 9.47 Å². The first-order chi connectivity index (χ1) is 10.6. The Bertz CT molecular complexity index is 743. The van der Waals surface area contributed by atoms with Gasteiger partial charge in [0, 0.05) is 6.92 Å². The average molecular weight is 293 g/mol. The topological polar surface area (TPSA) is 59.3 Å². The van der Waals surface area contributed by atoms with Crippen LogP contribution in [0.5, 0.6) is 11.5 Å². The molecule has 0 heterocycles. The fourth-order valence-corrected chi connectivity index (χ4v) is 1.98. The zero-order chi connectivity index (χ0) is 15.9. The standard InChI is InChI=1S/C18H15NO3/c1-13(20)22-17-9-8-14(11-18(17)21-2)10-16(12-19)15-6-4-3-5-7-15/h3-11H,1-2H3/b16-10-. The van der Waals surface area contributed by atoms with Crippen molar-refractivity contribution in [1.82, 2.24) is 0 Å². The highest BCUT2D eigenvalue weighted by Gasteiger charge is 2.08. The number of esters is 1. The smallest absolute Gasteiger partial charge is 0.308 e. The molecule has 4 heteroatoms. The van der Waals surface area contributed by atoms with Crippen molar-refractivity contribution in [2.45, 2.75) is 6.92 Å². The minimum atomic E-state index is -0.413. The molecule has 0 N–H and O–H groups in total. The highest BCUT2D eigenvalue weighted by atomic mass is 16.6. The third kappa shape index (κ3) is 3.74. The molecule has 0 saturated heterocycles. The van der Waals surface area contributed by atoms with Gasteiger partial charge in [0.25, 0.3) is 0 Å². The predicted molar refractivity (Wildman–Crippen MR) is 84.2 cm³/mol. The molecular weight excluding hydrogens is 278 g/mol. The SMILES string of the molecule is COc1cc(/C=C(/C#N)c2ccccc2)ccc1OC(C)=O. The molecule has 0 fully saturated rings. The zero-order valence-electron chi connectivity index (χ0n) is 12.4. The lowest BCUT2D eigenvalue weighted by Crippen LogP contribution is -2.03. The van der Waals surface area contributed by atoms with Gasteiger partial charge >= 0.3 is 5.97 Å². The monoisotopic (exact) mass is 293 g/mol. The van der Waals surface area contributed by atoms with Crippen molar-refractivity contribution >= 4 is 17.6 Å². The molecule has 0 spiro atoms. The number of hydrogen-bond donors (Lipinski definition) is 0. The first-order valence-electron chi connectivity index (χ1n) is 6.67. The Hall–Kier alpha value is -3.06. The van der Waals surface area contributed by atoms with Crippen molar-refractivity contribution in [1.29, 1.82) is 5.26 Å². The van der Waals surface area contributed by atoms with Gasteiger partial charge in [-0.1, -0.05) is 36.4 Å².